The van der Waals surface area contributed by atoms with Gasteiger partial charge in [-0.1, -0.05) is 25.1 Å². The summed E-state index contributed by atoms with van der Waals surface area (Å²) in [6.45, 7) is 2.71. The lowest BCUT2D eigenvalue weighted by atomic mass is 10.1. The molecule has 2 N–H and O–H groups in total. The number of hydrogen-bond acceptors (Lipinski definition) is 3. The van der Waals surface area contributed by atoms with Crippen molar-refractivity contribution in [2.45, 2.75) is 19.8 Å². The molecule has 0 bridgehead atoms. The summed E-state index contributed by atoms with van der Waals surface area (Å²) in [6, 6.07) is 13.3. The van der Waals surface area contributed by atoms with Crippen LogP contribution in [0.1, 0.15) is 18.9 Å². The third-order valence-corrected chi connectivity index (χ3v) is 4.66. The third kappa shape index (κ3) is 3.38. The molecule has 1 aromatic heterocycles. The van der Waals surface area contributed by atoms with Gasteiger partial charge < -0.3 is 19.9 Å². The second-order valence-electron chi connectivity index (χ2n) is 6.60. The number of rotatable bonds is 5. The molecule has 1 aliphatic rings. The van der Waals surface area contributed by atoms with Crippen LogP contribution in [0.25, 0.3) is 10.9 Å². The molecule has 2 aromatic carbocycles. The SMILES string of the molecule is CCCN1C(=O)COc2cc(NC(=O)Cc3c[nH]c4ccccc34)ccc21. The lowest BCUT2D eigenvalue weighted by molar-refractivity contribution is -0.121. The minimum absolute atomic E-state index is 0.0275. The highest BCUT2D eigenvalue weighted by atomic mass is 16.5. The van der Waals surface area contributed by atoms with E-state index >= 15 is 0 Å². The van der Waals surface area contributed by atoms with Gasteiger partial charge in [0.2, 0.25) is 5.91 Å². The van der Waals surface area contributed by atoms with E-state index in [1.165, 1.54) is 0 Å². The molecule has 4 rings (SSSR count). The zero-order chi connectivity index (χ0) is 18.8. The summed E-state index contributed by atoms with van der Waals surface area (Å²) in [5.41, 5.74) is 3.38. The predicted octanol–water partition coefficient (Wildman–Crippen LogP) is 3.48. The Hall–Kier alpha value is -3.28. The van der Waals surface area contributed by atoms with Crippen molar-refractivity contribution in [1.82, 2.24) is 4.98 Å². The van der Waals surface area contributed by atoms with Gasteiger partial charge in [-0.25, -0.2) is 0 Å². The maximum absolute atomic E-state index is 12.5. The first-order valence-electron chi connectivity index (χ1n) is 9.07. The number of aromatic nitrogens is 1. The highest BCUT2D eigenvalue weighted by molar-refractivity contribution is 5.99. The number of anilines is 2. The smallest absolute Gasteiger partial charge is 0.265 e. The third-order valence-electron chi connectivity index (χ3n) is 4.66. The Balaban J connectivity index is 1.50. The first-order chi connectivity index (χ1) is 13.2. The Bertz CT molecular complexity index is 1010. The van der Waals surface area contributed by atoms with E-state index in [1.807, 2.05) is 43.5 Å². The van der Waals surface area contributed by atoms with Gasteiger partial charge in [0.25, 0.3) is 5.91 Å². The molecule has 138 valence electrons. The number of benzene rings is 2. The van der Waals surface area contributed by atoms with Crippen LogP contribution in [0.5, 0.6) is 5.75 Å². The molecule has 2 amide bonds. The van der Waals surface area contributed by atoms with Gasteiger partial charge in [-0.3, -0.25) is 9.59 Å². The number of carbonyl (C=O) groups is 2. The molecule has 6 heteroatoms. The molecule has 0 atom stereocenters. The molecular formula is C21H21N3O3. The van der Waals surface area contributed by atoms with E-state index < -0.39 is 0 Å². The summed E-state index contributed by atoms with van der Waals surface area (Å²) in [7, 11) is 0. The largest absolute Gasteiger partial charge is 0.481 e. The summed E-state index contributed by atoms with van der Waals surface area (Å²) < 4.78 is 5.55. The van der Waals surface area contributed by atoms with Crippen LogP contribution >= 0.6 is 0 Å². The molecule has 0 radical (unpaired) electrons. The maximum Gasteiger partial charge on any atom is 0.265 e. The van der Waals surface area contributed by atoms with Gasteiger partial charge in [-0.05, 0) is 30.2 Å². The van der Waals surface area contributed by atoms with E-state index in [1.54, 1.807) is 17.0 Å². The van der Waals surface area contributed by atoms with E-state index in [4.69, 9.17) is 4.74 Å². The van der Waals surface area contributed by atoms with E-state index in [9.17, 15) is 9.59 Å². The highest BCUT2D eigenvalue weighted by Crippen LogP contribution is 2.34. The first-order valence-corrected chi connectivity index (χ1v) is 9.07. The molecule has 6 nitrogen and oxygen atoms in total. The van der Waals surface area contributed by atoms with E-state index in [0.29, 0.717) is 18.0 Å². The van der Waals surface area contributed by atoms with Gasteiger partial charge in [-0.15, -0.1) is 0 Å². The predicted molar refractivity (Wildman–Crippen MR) is 105 cm³/mol. The average Bonchev–Trinajstić information content (AvgIpc) is 3.07. The Morgan fingerprint density at radius 3 is 2.96 bits per heavy atom. The summed E-state index contributed by atoms with van der Waals surface area (Å²) in [5.74, 6) is 0.477. The number of aromatic amines is 1. The molecule has 0 saturated carbocycles. The monoisotopic (exact) mass is 363 g/mol. The number of para-hydroxylation sites is 1. The van der Waals surface area contributed by atoms with Gasteiger partial charge >= 0.3 is 0 Å². The van der Waals surface area contributed by atoms with Crippen LogP contribution in [0.15, 0.2) is 48.7 Å². The molecule has 0 saturated heterocycles. The van der Waals surface area contributed by atoms with Crippen molar-refractivity contribution < 1.29 is 14.3 Å². The second kappa shape index (κ2) is 7.15. The second-order valence-corrected chi connectivity index (χ2v) is 6.60. The fourth-order valence-electron chi connectivity index (χ4n) is 3.41. The van der Waals surface area contributed by atoms with Crippen LogP contribution in [0, 0.1) is 0 Å². The number of nitrogens with one attached hydrogen (secondary N) is 2. The Labute approximate surface area is 157 Å². The van der Waals surface area contributed by atoms with Gasteiger partial charge in [0.1, 0.15) is 5.75 Å². The molecule has 0 fully saturated rings. The van der Waals surface area contributed by atoms with Crippen LogP contribution in [0.3, 0.4) is 0 Å². The molecule has 27 heavy (non-hydrogen) atoms. The van der Waals surface area contributed by atoms with Gasteiger partial charge in [0, 0.05) is 35.4 Å². The van der Waals surface area contributed by atoms with Crippen LogP contribution in [-0.4, -0.2) is 29.9 Å². The first kappa shape index (κ1) is 17.1. The summed E-state index contributed by atoms with van der Waals surface area (Å²) in [5, 5.41) is 3.97. The van der Waals surface area contributed by atoms with Crippen molar-refractivity contribution in [3.8, 4) is 5.75 Å². The number of carbonyl (C=O) groups excluding carboxylic acids is 2. The minimum atomic E-state index is -0.1000. The summed E-state index contributed by atoms with van der Waals surface area (Å²) in [6.07, 6.45) is 3.02. The van der Waals surface area contributed by atoms with Crippen LogP contribution < -0.4 is 15.0 Å². The lowest BCUT2D eigenvalue weighted by Gasteiger charge is -2.29. The highest BCUT2D eigenvalue weighted by Gasteiger charge is 2.25. The Kier molecular flexibility index (Phi) is 4.54. The molecule has 0 unspecified atom stereocenters. The summed E-state index contributed by atoms with van der Waals surface area (Å²) >= 11 is 0. The fourth-order valence-corrected chi connectivity index (χ4v) is 3.41. The maximum atomic E-state index is 12.5. The Morgan fingerprint density at radius 2 is 2.11 bits per heavy atom. The van der Waals surface area contributed by atoms with Crippen LogP contribution in [-0.2, 0) is 16.0 Å². The number of ether oxygens (including phenoxy) is 1. The molecular weight excluding hydrogens is 342 g/mol. The van der Waals surface area contributed by atoms with Crippen molar-refractivity contribution in [2.75, 3.05) is 23.4 Å². The van der Waals surface area contributed by atoms with Crippen molar-refractivity contribution in [1.29, 1.82) is 0 Å². The number of hydrogen-bond donors (Lipinski definition) is 2. The van der Waals surface area contributed by atoms with E-state index in [-0.39, 0.29) is 24.8 Å². The molecule has 1 aliphatic heterocycles. The zero-order valence-electron chi connectivity index (χ0n) is 15.1. The summed E-state index contributed by atoms with van der Waals surface area (Å²) in [4.78, 5) is 29.4. The number of amides is 2. The van der Waals surface area contributed by atoms with E-state index in [0.717, 1.165) is 28.6 Å². The van der Waals surface area contributed by atoms with Crippen molar-refractivity contribution in [2.24, 2.45) is 0 Å². The van der Waals surface area contributed by atoms with Crippen LogP contribution in [0.2, 0.25) is 0 Å². The molecule has 3 aromatic rings. The fraction of sp³-hybridized carbons (Fsp3) is 0.238. The zero-order valence-corrected chi connectivity index (χ0v) is 15.1. The van der Waals surface area contributed by atoms with E-state index in [2.05, 4.69) is 10.3 Å². The van der Waals surface area contributed by atoms with Crippen molar-refractivity contribution in [3.05, 3.63) is 54.2 Å². The number of nitrogens with zero attached hydrogens (tertiary/aromatic N) is 1. The normalized spacial score (nSPS) is 13.4. The molecule has 0 aliphatic carbocycles. The van der Waals surface area contributed by atoms with Gasteiger partial charge in [0.05, 0.1) is 12.1 Å². The van der Waals surface area contributed by atoms with Gasteiger partial charge in [-0.2, -0.15) is 0 Å². The molecule has 2 heterocycles. The minimum Gasteiger partial charge on any atom is -0.481 e. The van der Waals surface area contributed by atoms with Crippen LogP contribution in [0.4, 0.5) is 11.4 Å². The standard InChI is InChI=1S/C21H21N3O3/c1-2-9-24-18-8-7-15(11-19(18)27-13-21(24)26)23-20(25)10-14-12-22-17-6-4-3-5-16(14)17/h3-8,11-12,22H,2,9-10,13H2,1H3,(H,23,25). The van der Waals surface area contributed by atoms with Gasteiger partial charge in [0.15, 0.2) is 6.61 Å². The van der Waals surface area contributed by atoms with Crippen molar-refractivity contribution in [3.63, 3.8) is 0 Å². The number of H-pyrrole nitrogens is 1. The average molecular weight is 363 g/mol. The molecule has 0 spiro atoms. The quantitative estimate of drug-likeness (QED) is 0.729. The number of fused-ring (bicyclic) bond motifs is 2. The topological polar surface area (TPSA) is 74.4 Å². The Morgan fingerprint density at radius 1 is 1.26 bits per heavy atom. The lowest BCUT2D eigenvalue weighted by Crippen LogP contribution is -2.39. The van der Waals surface area contributed by atoms with Crippen molar-refractivity contribution >= 4 is 34.1 Å².